The van der Waals surface area contributed by atoms with Crippen LogP contribution >= 0.6 is 0 Å². The lowest BCUT2D eigenvalue weighted by atomic mass is 10.0. The first-order valence-corrected chi connectivity index (χ1v) is 9.38. The summed E-state index contributed by atoms with van der Waals surface area (Å²) in [6, 6.07) is 17.1. The third kappa shape index (κ3) is 7.08. The molecule has 6 heteroatoms. The summed E-state index contributed by atoms with van der Waals surface area (Å²) in [5.41, 5.74) is 5.22. The van der Waals surface area contributed by atoms with Gasteiger partial charge in [-0.3, -0.25) is 0 Å². The van der Waals surface area contributed by atoms with E-state index >= 15 is 0 Å². The first-order chi connectivity index (χ1) is 15.1. The molecular weight excluding hydrogens is 368 g/mol. The maximum Gasteiger partial charge on any atom is 0.328 e. The van der Waals surface area contributed by atoms with Gasteiger partial charge < -0.3 is 20.0 Å². The van der Waals surface area contributed by atoms with Gasteiger partial charge in [0.2, 0.25) is 0 Å². The molecule has 0 atom stereocenters. The third-order valence-electron chi connectivity index (χ3n) is 4.47. The van der Waals surface area contributed by atoms with Gasteiger partial charge in [0.05, 0.1) is 0 Å². The molecule has 0 fully saturated rings. The summed E-state index contributed by atoms with van der Waals surface area (Å²) >= 11 is 0. The highest BCUT2D eigenvalue weighted by molar-refractivity contribution is 5.89. The second-order valence-corrected chi connectivity index (χ2v) is 6.69. The Kier molecular flexibility index (Phi) is 6.82. The first-order valence-electron chi connectivity index (χ1n) is 10.9. The van der Waals surface area contributed by atoms with E-state index in [-0.39, 0.29) is 0 Å². The van der Waals surface area contributed by atoms with Crippen molar-refractivity contribution >= 4 is 23.3 Å². The number of hydrogen-bond acceptors (Lipinski definition) is 4. The Morgan fingerprint density at radius 1 is 1.00 bits per heavy atom. The Morgan fingerprint density at radius 2 is 1.48 bits per heavy atom. The van der Waals surface area contributed by atoms with Gasteiger partial charge in [-0.2, -0.15) is 0 Å². The van der Waals surface area contributed by atoms with Crippen LogP contribution in [-0.2, 0) is 22.4 Å². The van der Waals surface area contributed by atoms with Crippen LogP contribution < -0.4 is 4.90 Å². The first kappa shape index (κ1) is 17.9. The van der Waals surface area contributed by atoms with Gasteiger partial charge in [0.15, 0.2) is 0 Å². The van der Waals surface area contributed by atoms with Crippen molar-refractivity contribution in [2.24, 2.45) is 0 Å². The normalized spacial score (nSPS) is 14.6. The average molecular weight is 400 g/mol. The highest BCUT2D eigenvalue weighted by Gasteiger charge is 2.19. The lowest BCUT2D eigenvalue weighted by molar-refractivity contribution is -0.134. The van der Waals surface area contributed by atoms with Gasteiger partial charge in [0, 0.05) is 34.2 Å². The van der Waals surface area contributed by atoms with E-state index in [0.29, 0.717) is 18.7 Å². The summed E-state index contributed by atoms with van der Waals surface area (Å²) in [4.78, 5) is 22.9. The van der Waals surface area contributed by atoms with E-state index in [9.17, 15) is 9.59 Å². The molecule has 0 spiro atoms. The highest BCUT2D eigenvalue weighted by atomic mass is 16.4. The molecule has 1 aliphatic rings. The number of benzene rings is 2. The molecule has 0 saturated carbocycles. The van der Waals surface area contributed by atoms with Crippen LogP contribution in [0.3, 0.4) is 0 Å². The van der Waals surface area contributed by atoms with E-state index in [1.54, 1.807) is 7.05 Å². The van der Waals surface area contributed by atoms with Crippen LogP contribution in [0, 0.1) is 0 Å². The van der Waals surface area contributed by atoms with Gasteiger partial charge in [0.25, 0.3) is 0 Å². The zero-order valence-corrected chi connectivity index (χ0v) is 16.4. The molecule has 0 aromatic heterocycles. The molecule has 0 amide bonds. The number of aliphatic carboxylic acids is 2. The number of para-hydroxylation sites is 2. The second kappa shape index (κ2) is 11.0. The number of aryl methyl sites for hydroxylation is 2. The molecular formula is C23H28N2O4. The van der Waals surface area contributed by atoms with Crippen molar-refractivity contribution in [3.05, 3.63) is 71.8 Å². The SMILES string of the molecule is O=C(O)/C=C\C(=O)O.[2H]C([2H])([2H])N(C)CCCN1c2ccccc2CCc2ccccc21. The molecule has 0 unspecified atom stereocenters. The largest absolute Gasteiger partial charge is 0.478 e. The summed E-state index contributed by atoms with van der Waals surface area (Å²) in [5.74, 6) is -2.51. The fourth-order valence-electron chi connectivity index (χ4n) is 3.22. The second-order valence-electron chi connectivity index (χ2n) is 6.69. The zero-order valence-electron chi connectivity index (χ0n) is 19.4. The standard InChI is InChI=1S/C19H24N2.C4H4O4/c1-20(2)14-7-15-21-18-10-5-3-8-16(18)12-13-17-9-4-6-11-19(17)21;5-3(6)1-2-4(7)8/h3-6,8-11H,7,12-15H2,1-2H3;1-2H,(H,5,6)(H,7,8)/b;2-1-/i1D3;. The summed E-state index contributed by atoms with van der Waals surface area (Å²) < 4.78 is 22.4. The van der Waals surface area contributed by atoms with E-state index in [1.165, 1.54) is 27.4 Å². The molecule has 0 aliphatic carbocycles. The average Bonchev–Trinajstić information content (AvgIpc) is 2.89. The van der Waals surface area contributed by atoms with E-state index in [0.717, 1.165) is 25.8 Å². The number of carbonyl (C=O) groups is 2. The molecule has 6 nitrogen and oxygen atoms in total. The zero-order chi connectivity index (χ0) is 23.7. The summed E-state index contributed by atoms with van der Waals surface area (Å²) in [6.07, 6.45) is 4.00. The minimum absolute atomic E-state index is 0.553. The Labute approximate surface area is 175 Å². The molecule has 0 radical (unpaired) electrons. The Morgan fingerprint density at radius 3 is 1.93 bits per heavy atom. The van der Waals surface area contributed by atoms with Crippen LogP contribution in [0.25, 0.3) is 0 Å². The lowest BCUT2D eigenvalue weighted by Crippen LogP contribution is -2.23. The number of rotatable bonds is 6. The number of anilines is 2. The predicted octanol–water partition coefficient (Wildman–Crippen LogP) is 3.59. The molecule has 0 saturated heterocycles. The Bertz CT molecular complexity index is 897. The van der Waals surface area contributed by atoms with Gasteiger partial charge in [-0.15, -0.1) is 0 Å². The van der Waals surface area contributed by atoms with Gasteiger partial charge in [-0.05, 0) is 63.1 Å². The number of nitrogens with zero attached hydrogens (tertiary/aromatic N) is 2. The van der Waals surface area contributed by atoms with E-state index in [4.69, 9.17) is 14.3 Å². The van der Waals surface area contributed by atoms with Crippen LogP contribution in [0.1, 0.15) is 21.7 Å². The monoisotopic (exact) mass is 399 g/mol. The highest BCUT2D eigenvalue weighted by Crippen LogP contribution is 2.35. The lowest BCUT2D eigenvalue weighted by Gasteiger charge is -2.27. The number of carboxylic acids is 2. The van der Waals surface area contributed by atoms with Crippen molar-refractivity contribution in [2.45, 2.75) is 19.3 Å². The molecule has 154 valence electrons. The molecule has 2 aromatic rings. The number of fused-ring (bicyclic) bond motifs is 2. The minimum Gasteiger partial charge on any atom is -0.478 e. The molecule has 0 bridgehead atoms. The van der Waals surface area contributed by atoms with Gasteiger partial charge in [0.1, 0.15) is 0 Å². The third-order valence-corrected chi connectivity index (χ3v) is 4.47. The summed E-state index contributed by atoms with van der Waals surface area (Å²) in [5, 5.41) is 15.6. The van der Waals surface area contributed by atoms with Gasteiger partial charge in [-0.25, -0.2) is 9.59 Å². The number of hydrogen-bond donors (Lipinski definition) is 2. The predicted molar refractivity (Wildman–Crippen MR) is 115 cm³/mol. The van der Waals surface area contributed by atoms with Crippen molar-refractivity contribution in [3.8, 4) is 0 Å². The van der Waals surface area contributed by atoms with E-state index in [1.807, 2.05) is 0 Å². The van der Waals surface area contributed by atoms with Crippen molar-refractivity contribution in [1.29, 1.82) is 0 Å². The molecule has 29 heavy (non-hydrogen) atoms. The Balaban J connectivity index is 0.000000390. The topological polar surface area (TPSA) is 81.1 Å². The van der Waals surface area contributed by atoms with Crippen molar-refractivity contribution in [1.82, 2.24) is 4.90 Å². The van der Waals surface area contributed by atoms with Gasteiger partial charge in [-0.1, -0.05) is 36.4 Å². The fourth-order valence-corrected chi connectivity index (χ4v) is 3.22. The molecule has 3 rings (SSSR count). The smallest absolute Gasteiger partial charge is 0.328 e. The van der Waals surface area contributed by atoms with E-state index < -0.39 is 18.9 Å². The minimum atomic E-state index is -2.02. The van der Waals surface area contributed by atoms with Crippen molar-refractivity contribution < 1.29 is 23.9 Å². The van der Waals surface area contributed by atoms with Crippen LogP contribution in [0.4, 0.5) is 11.4 Å². The maximum absolute atomic E-state index is 9.55. The van der Waals surface area contributed by atoms with Crippen molar-refractivity contribution in [3.63, 3.8) is 0 Å². The number of carboxylic acid groups (broad SMARTS) is 2. The molecule has 2 aromatic carbocycles. The molecule has 1 heterocycles. The summed E-state index contributed by atoms with van der Waals surface area (Å²) in [7, 11) is 1.66. The van der Waals surface area contributed by atoms with Crippen LogP contribution in [0.15, 0.2) is 60.7 Å². The van der Waals surface area contributed by atoms with Crippen LogP contribution in [-0.4, -0.2) is 54.2 Å². The molecule has 1 aliphatic heterocycles. The van der Waals surface area contributed by atoms with Crippen molar-refractivity contribution in [2.75, 3.05) is 32.0 Å². The maximum atomic E-state index is 9.55. The van der Waals surface area contributed by atoms with E-state index in [2.05, 4.69) is 53.4 Å². The summed E-state index contributed by atoms with van der Waals surface area (Å²) in [6.45, 7) is -0.652. The van der Waals surface area contributed by atoms with Gasteiger partial charge >= 0.3 is 11.9 Å². The Hall–Kier alpha value is -3.12. The van der Waals surface area contributed by atoms with Crippen LogP contribution in [0.2, 0.25) is 0 Å². The quantitative estimate of drug-likeness (QED) is 0.723. The molecule has 2 N–H and O–H groups in total. The van der Waals surface area contributed by atoms with Crippen LogP contribution in [0.5, 0.6) is 0 Å². The fraction of sp³-hybridized carbons (Fsp3) is 0.304.